The van der Waals surface area contributed by atoms with Crippen LogP contribution in [0.3, 0.4) is 0 Å². The van der Waals surface area contributed by atoms with Crippen molar-refractivity contribution >= 4 is 5.97 Å². The summed E-state index contributed by atoms with van der Waals surface area (Å²) < 4.78 is 15.2. The molecular weight excluding hydrogens is 208 g/mol. The zero-order valence-electron chi connectivity index (χ0n) is 9.99. The number of esters is 1. The van der Waals surface area contributed by atoms with E-state index < -0.39 is 5.97 Å². The fourth-order valence-electron chi connectivity index (χ4n) is 1.17. The van der Waals surface area contributed by atoms with Gasteiger partial charge >= 0.3 is 5.97 Å². The summed E-state index contributed by atoms with van der Waals surface area (Å²) in [6.45, 7) is 4.95. The van der Waals surface area contributed by atoms with Crippen molar-refractivity contribution in [2.24, 2.45) is 5.92 Å². The van der Waals surface area contributed by atoms with Crippen molar-refractivity contribution in [2.75, 3.05) is 13.7 Å². The fourth-order valence-corrected chi connectivity index (χ4v) is 1.17. The summed E-state index contributed by atoms with van der Waals surface area (Å²) in [7, 11) is 1.57. The Morgan fingerprint density at radius 3 is 2.81 bits per heavy atom. The van der Waals surface area contributed by atoms with E-state index >= 15 is 0 Å². The Morgan fingerprint density at radius 2 is 2.19 bits per heavy atom. The number of hydrogen-bond acceptors (Lipinski definition) is 4. The summed E-state index contributed by atoms with van der Waals surface area (Å²) in [4.78, 5) is 11.5. The van der Waals surface area contributed by atoms with Gasteiger partial charge in [0.05, 0.1) is 6.61 Å². The molecule has 0 unspecified atom stereocenters. The first-order valence-corrected chi connectivity index (χ1v) is 5.38. The van der Waals surface area contributed by atoms with E-state index in [1.165, 1.54) is 0 Å². The molecule has 0 saturated heterocycles. The second-order valence-electron chi connectivity index (χ2n) is 4.02. The average Bonchev–Trinajstić information content (AvgIpc) is 2.66. The first kappa shape index (κ1) is 12.8. The second kappa shape index (κ2) is 6.33. The van der Waals surface area contributed by atoms with Gasteiger partial charge in [0.2, 0.25) is 5.76 Å². The number of methoxy groups -OCH3 is 1. The minimum Gasteiger partial charge on any atom is -0.460 e. The van der Waals surface area contributed by atoms with Crippen LogP contribution in [0.25, 0.3) is 0 Å². The Hall–Kier alpha value is -1.29. The van der Waals surface area contributed by atoms with Gasteiger partial charge in [0.15, 0.2) is 0 Å². The number of furan rings is 1. The molecule has 90 valence electrons. The molecule has 1 rings (SSSR count). The third-order valence-corrected chi connectivity index (χ3v) is 2.08. The van der Waals surface area contributed by atoms with E-state index in [9.17, 15) is 4.79 Å². The largest absolute Gasteiger partial charge is 0.460 e. The van der Waals surface area contributed by atoms with Gasteiger partial charge in [0.1, 0.15) is 12.4 Å². The monoisotopic (exact) mass is 226 g/mol. The summed E-state index contributed by atoms with van der Waals surface area (Å²) >= 11 is 0. The highest BCUT2D eigenvalue weighted by Gasteiger charge is 2.12. The van der Waals surface area contributed by atoms with E-state index in [2.05, 4.69) is 13.8 Å². The van der Waals surface area contributed by atoms with Crippen molar-refractivity contribution in [1.29, 1.82) is 0 Å². The number of ether oxygens (including phenoxy) is 2. The van der Waals surface area contributed by atoms with Gasteiger partial charge < -0.3 is 13.9 Å². The number of hydrogen-bond donors (Lipinski definition) is 0. The lowest BCUT2D eigenvalue weighted by atomic mass is 10.1. The van der Waals surface area contributed by atoms with Gasteiger partial charge in [-0.25, -0.2) is 4.79 Å². The van der Waals surface area contributed by atoms with Gasteiger partial charge in [-0.1, -0.05) is 13.8 Å². The van der Waals surface area contributed by atoms with Crippen LogP contribution in [0.1, 0.15) is 36.6 Å². The predicted octanol–water partition coefficient (Wildman–Crippen LogP) is 2.63. The van der Waals surface area contributed by atoms with Gasteiger partial charge in [0, 0.05) is 7.11 Å². The fraction of sp³-hybridized carbons (Fsp3) is 0.583. The summed E-state index contributed by atoms with van der Waals surface area (Å²) in [5.74, 6) is 0.963. The van der Waals surface area contributed by atoms with E-state index in [1.807, 2.05) is 0 Å². The van der Waals surface area contributed by atoms with Gasteiger partial charge in [-0.15, -0.1) is 0 Å². The molecule has 1 aromatic heterocycles. The molecule has 0 spiro atoms. The Bertz CT molecular complexity index is 328. The first-order valence-electron chi connectivity index (χ1n) is 5.38. The Kier molecular flexibility index (Phi) is 5.05. The maximum absolute atomic E-state index is 11.5. The lowest BCUT2D eigenvalue weighted by Crippen LogP contribution is -2.07. The van der Waals surface area contributed by atoms with Gasteiger partial charge in [0.25, 0.3) is 0 Å². The average molecular weight is 226 g/mol. The summed E-state index contributed by atoms with van der Waals surface area (Å²) in [5.41, 5.74) is 0. The molecule has 0 aliphatic carbocycles. The highest BCUT2D eigenvalue weighted by molar-refractivity contribution is 5.86. The molecule has 0 amide bonds. The van der Waals surface area contributed by atoms with Crippen LogP contribution >= 0.6 is 0 Å². The molecule has 0 atom stereocenters. The van der Waals surface area contributed by atoms with Crippen LogP contribution in [0, 0.1) is 5.92 Å². The number of rotatable bonds is 6. The molecule has 4 nitrogen and oxygen atoms in total. The molecule has 0 bridgehead atoms. The van der Waals surface area contributed by atoms with E-state index in [4.69, 9.17) is 13.9 Å². The van der Waals surface area contributed by atoms with Crippen molar-refractivity contribution in [3.05, 3.63) is 23.7 Å². The molecule has 0 aliphatic rings. The van der Waals surface area contributed by atoms with Crippen molar-refractivity contribution in [2.45, 2.75) is 26.9 Å². The van der Waals surface area contributed by atoms with Gasteiger partial charge in [-0.05, 0) is 24.5 Å². The van der Waals surface area contributed by atoms with Crippen LogP contribution in [0.5, 0.6) is 0 Å². The predicted molar refractivity (Wildman–Crippen MR) is 59.2 cm³/mol. The minimum absolute atomic E-state index is 0.232. The summed E-state index contributed by atoms with van der Waals surface area (Å²) in [6, 6.07) is 3.31. The van der Waals surface area contributed by atoms with Crippen LogP contribution in [0.2, 0.25) is 0 Å². The Balaban J connectivity index is 2.40. The lowest BCUT2D eigenvalue weighted by Gasteiger charge is -2.04. The molecule has 4 heteroatoms. The molecule has 0 radical (unpaired) electrons. The number of carbonyl (C=O) groups is 1. The lowest BCUT2D eigenvalue weighted by molar-refractivity contribution is 0.0445. The molecule has 16 heavy (non-hydrogen) atoms. The second-order valence-corrected chi connectivity index (χ2v) is 4.02. The molecule has 0 aliphatic heterocycles. The highest BCUT2D eigenvalue weighted by atomic mass is 16.5. The third-order valence-electron chi connectivity index (χ3n) is 2.08. The molecule has 1 aromatic rings. The minimum atomic E-state index is -0.414. The van der Waals surface area contributed by atoms with Gasteiger partial charge in [-0.2, -0.15) is 0 Å². The van der Waals surface area contributed by atoms with Crippen LogP contribution in [-0.2, 0) is 16.1 Å². The Labute approximate surface area is 95.5 Å². The molecule has 1 heterocycles. The molecule has 0 aromatic carbocycles. The van der Waals surface area contributed by atoms with Crippen LogP contribution < -0.4 is 0 Å². The first-order chi connectivity index (χ1) is 7.63. The zero-order chi connectivity index (χ0) is 12.0. The zero-order valence-corrected chi connectivity index (χ0v) is 9.99. The van der Waals surface area contributed by atoms with Crippen molar-refractivity contribution in [3.8, 4) is 0 Å². The van der Waals surface area contributed by atoms with Crippen LogP contribution in [0.15, 0.2) is 16.5 Å². The van der Waals surface area contributed by atoms with Crippen molar-refractivity contribution in [1.82, 2.24) is 0 Å². The summed E-state index contributed by atoms with van der Waals surface area (Å²) in [5, 5.41) is 0. The maximum Gasteiger partial charge on any atom is 0.374 e. The van der Waals surface area contributed by atoms with E-state index in [1.54, 1.807) is 19.2 Å². The normalized spacial score (nSPS) is 10.8. The Morgan fingerprint density at radius 1 is 1.44 bits per heavy atom. The van der Waals surface area contributed by atoms with Crippen molar-refractivity contribution in [3.63, 3.8) is 0 Å². The van der Waals surface area contributed by atoms with Gasteiger partial charge in [-0.3, -0.25) is 0 Å². The molecule has 0 saturated carbocycles. The van der Waals surface area contributed by atoms with E-state index in [0.717, 1.165) is 6.42 Å². The van der Waals surface area contributed by atoms with E-state index in [-0.39, 0.29) is 5.76 Å². The quantitative estimate of drug-likeness (QED) is 0.699. The maximum atomic E-state index is 11.5. The standard InChI is InChI=1S/C12H18O4/c1-9(2)6-7-15-12(13)11-5-4-10(16-11)8-14-3/h4-5,9H,6-8H2,1-3H3. The highest BCUT2D eigenvalue weighted by Crippen LogP contribution is 2.10. The smallest absolute Gasteiger partial charge is 0.374 e. The van der Waals surface area contributed by atoms with Crippen LogP contribution in [-0.4, -0.2) is 19.7 Å². The number of carbonyl (C=O) groups excluding carboxylic acids is 1. The van der Waals surface area contributed by atoms with Crippen LogP contribution in [0.4, 0.5) is 0 Å². The third kappa shape index (κ3) is 4.06. The topological polar surface area (TPSA) is 48.7 Å². The molecular formula is C12H18O4. The SMILES string of the molecule is COCc1ccc(C(=O)OCCC(C)C)o1. The molecule has 0 N–H and O–H groups in total. The summed E-state index contributed by atoms with van der Waals surface area (Å²) in [6.07, 6.45) is 0.859. The van der Waals surface area contributed by atoms with Crippen molar-refractivity contribution < 1.29 is 18.7 Å². The van der Waals surface area contributed by atoms with E-state index in [0.29, 0.717) is 24.9 Å². The molecule has 0 fully saturated rings.